The second-order valence-electron chi connectivity index (χ2n) is 9.38. The highest BCUT2D eigenvalue weighted by molar-refractivity contribution is 5.03. The molecule has 5 fully saturated rings. The minimum atomic E-state index is 0.00782. The highest BCUT2D eigenvalue weighted by Gasteiger charge is 2.51. The molecule has 0 aromatic heterocycles. The van der Waals surface area contributed by atoms with Crippen molar-refractivity contribution in [3.8, 4) is 0 Å². The zero-order valence-electron chi connectivity index (χ0n) is 13.9. The van der Waals surface area contributed by atoms with Crippen molar-refractivity contribution >= 4 is 0 Å². The van der Waals surface area contributed by atoms with Gasteiger partial charge in [-0.25, -0.2) is 0 Å². The second kappa shape index (κ2) is 4.85. The minimum Gasteiger partial charge on any atom is -0.372 e. The average molecular weight is 288 g/mol. The molecular formula is C20H32O. The third-order valence-corrected chi connectivity index (χ3v) is 7.33. The summed E-state index contributed by atoms with van der Waals surface area (Å²) in [7, 11) is 0. The molecule has 4 bridgehead atoms. The van der Waals surface area contributed by atoms with Crippen LogP contribution in [0.15, 0.2) is 12.7 Å². The van der Waals surface area contributed by atoms with Gasteiger partial charge in [0.15, 0.2) is 0 Å². The second-order valence-corrected chi connectivity index (χ2v) is 9.38. The predicted octanol–water partition coefficient (Wildman–Crippen LogP) is 5.35. The number of hydrogen-bond acceptors (Lipinski definition) is 1. The van der Waals surface area contributed by atoms with Crippen LogP contribution in [0.2, 0.25) is 0 Å². The zero-order valence-corrected chi connectivity index (χ0v) is 13.9. The fourth-order valence-corrected chi connectivity index (χ4v) is 6.75. The normalized spacial score (nSPS) is 50.5. The molecule has 1 heterocycles. The van der Waals surface area contributed by atoms with Crippen LogP contribution in [0, 0.1) is 29.1 Å². The Morgan fingerprint density at radius 3 is 2.05 bits per heavy atom. The summed E-state index contributed by atoms with van der Waals surface area (Å²) in [5.41, 5.74) is 0.725. The summed E-state index contributed by atoms with van der Waals surface area (Å²) in [6.45, 7) is 8.49. The molecule has 1 heteroatoms. The predicted molar refractivity (Wildman–Crippen MR) is 87.1 cm³/mol. The van der Waals surface area contributed by atoms with E-state index in [1.807, 2.05) is 0 Å². The maximum Gasteiger partial charge on any atom is 0.0693 e. The lowest BCUT2D eigenvalue weighted by molar-refractivity contribution is -0.0735. The fourth-order valence-electron chi connectivity index (χ4n) is 6.75. The standard InChI is InChI=1S/C20H32O/c1-4-17-10-18(21-19(17,2)3)5-6-20-11-14-7-15(12-20)9-16(8-14)13-20/h4,14-18H,1,5-13H2,2-3H3. The number of ether oxygens (including phenoxy) is 1. The lowest BCUT2D eigenvalue weighted by Crippen LogP contribution is -2.46. The first-order valence-corrected chi connectivity index (χ1v) is 9.28. The van der Waals surface area contributed by atoms with Gasteiger partial charge in [0.2, 0.25) is 0 Å². The molecule has 1 aliphatic heterocycles. The smallest absolute Gasteiger partial charge is 0.0693 e. The van der Waals surface area contributed by atoms with Crippen LogP contribution in [0.3, 0.4) is 0 Å². The van der Waals surface area contributed by atoms with Gasteiger partial charge in [-0.2, -0.15) is 0 Å². The van der Waals surface area contributed by atoms with Crippen molar-refractivity contribution in [2.45, 2.75) is 83.3 Å². The molecule has 0 amide bonds. The molecule has 1 saturated heterocycles. The topological polar surface area (TPSA) is 9.23 Å². The Labute approximate surface area is 130 Å². The molecule has 5 aliphatic rings. The van der Waals surface area contributed by atoms with E-state index in [2.05, 4.69) is 26.5 Å². The molecule has 2 atom stereocenters. The summed E-state index contributed by atoms with van der Waals surface area (Å²) >= 11 is 0. The lowest BCUT2D eigenvalue weighted by Gasteiger charge is -2.57. The third-order valence-electron chi connectivity index (χ3n) is 7.33. The first kappa shape index (κ1) is 14.3. The Morgan fingerprint density at radius 1 is 1.00 bits per heavy atom. The molecule has 21 heavy (non-hydrogen) atoms. The van der Waals surface area contributed by atoms with Crippen LogP contribution >= 0.6 is 0 Å². The SMILES string of the molecule is C=CC1CC(CCC23CC4CC(CC(C4)C2)C3)OC1(C)C. The van der Waals surface area contributed by atoms with Crippen molar-refractivity contribution in [1.29, 1.82) is 0 Å². The van der Waals surface area contributed by atoms with Crippen molar-refractivity contribution < 1.29 is 4.74 Å². The third kappa shape index (κ3) is 2.50. The van der Waals surface area contributed by atoms with Gasteiger partial charge in [-0.3, -0.25) is 0 Å². The first-order chi connectivity index (χ1) is 9.98. The Bertz CT molecular complexity index is 386. The molecule has 118 valence electrons. The Kier molecular flexibility index (Phi) is 3.30. The van der Waals surface area contributed by atoms with E-state index in [9.17, 15) is 0 Å². The fraction of sp³-hybridized carbons (Fsp3) is 0.900. The van der Waals surface area contributed by atoms with Crippen LogP contribution < -0.4 is 0 Å². The molecule has 5 rings (SSSR count). The number of hydrogen-bond donors (Lipinski definition) is 0. The molecule has 0 aromatic carbocycles. The van der Waals surface area contributed by atoms with E-state index in [0.717, 1.165) is 17.8 Å². The largest absolute Gasteiger partial charge is 0.372 e. The molecule has 4 aliphatic carbocycles. The van der Waals surface area contributed by atoms with Gasteiger partial charge < -0.3 is 4.74 Å². The van der Waals surface area contributed by atoms with Crippen molar-refractivity contribution in [2.24, 2.45) is 29.1 Å². The van der Waals surface area contributed by atoms with Crippen molar-refractivity contribution in [3.05, 3.63) is 12.7 Å². The van der Waals surface area contributed by atoms with Crippen molar-refractivity contribution in [2.75, 3.05) is 0 Å². The quantitative estimate of drug-likeness (QED) is 0.633. The summed E-state index contributed by atoms with van der Waals surface area (Å²) in [5, 5.41) is 0. The Balaban J connectivity index is 1.38. The van der Waals surface area contributed by atoms with Gasteiger partial charge in [0, 0.05) is 5.92 Å². The molecule has 1 nitrogen and oxygen atoms in total. The zero-order chi connectivity index (χ0) is 14.7. The molecule has 4 saturated carbocycles. The van der Waals surface area contributed by atoms with Gasteiger partial charge >= 0.3 is 0 Å². The molecule has 0 N–H and O–H groups in total. The van der Waals surface area contributed by atoms with E-state index in [1.165, 1.54) is 19.3 Å². The maximum absolute atomic E-state index is 6.34. The van der Waals surface area contributed by atoms with Gasteiger partial charge in [0.1, 0.15) is 0 Å². The van der Waals surface area contributed by atoms with E-state index in [-0.39, 0.29) is 5.60 Å². The molecular weight excluding hydrogens is 256 g/mol. The number of rotatable bonds is 4. The molecule has 0 radical (unpaired) electrons. The Morgan fingerprint density at radius 2 is 1.57 bits per heavy atom. The highest BCUT2D eigenvalue weighted by Crippen LogP contribution is 2.62. The van der Waals surface area contributed by atoms with Gasteiger partial charge in [-0.15, -0.1) is 6.58 Å². The van der Waals surface area contributed by atoms with Gasteiger partial charge in [-0.1, -0.05) is 6.08 Å². The minimum absolute atomic E-state index is 0.00782. The lowest BCUT2D eigenvalue weighted by atomic mass is 9.48. The summed E-state index contributed by atoms with van der Waals surface area (Å²) in [6.07, 6.45) is 15.8. The van der Waals surface area contributed by atoms with Crippen LogP contribution in [0.25, 0.3) is 0 Å². The summed E-state index contributed by atoms with van der Waals surface area (Å²) in [6, 6.07) is 0. The van der Waals surface area contributed by atoms with Crippen LogP contribution in [-0.2, 0) is 4.74 Å². The van der Waals surface area contributed by atoms with Gasteiger partial charge in [0.05, 0.1) is 11.7 Å². The molecule has 0 aromatic rings. The summed E-state index contributed by atoms with van der Waals surface area (Å²) in [5.74, 6) is 3.79. The van der Waals surface area contributed by atoms with Crippen LogP contribution in [0.4, 0.5) is 0 Å². The van der Waals surface area contributed by atoms with Crippen molar-refractivity contribution in [1.82, 2.24) is 0 Å². The highest BCUT2D eigenvalue weighted by atomic mass is 16.5. The molecule has 2 unspecified atom stereocenters. The van der Waals surface area contributed by atoms with E-state index in [4.69, 9.17) is 4.74 Å². The van der Waals surface area contributed by atoms with E-state index >= 15 is 0 Å². The van der Waals surface area contributed by atoms with Crippen LogP contribution in [0.5, 0.6) is 0 Å². The molecule has 0 spiro atoms. The monoisotopic (exact) mass is 288 g/mol. The van der Waals surface area contributed by atoms with Gasteiger partial charge in [-0.05, 0) is 94.8 Å². The van der Waals surface area contributed by atoms with E-state index in [0.29, 0.717) is 17.4 Å². The van der Waals surface area contributed by atoms with E-state index < -0.39 is 0 Å². The Hall–Kier alpha value is -0.300. The summed E-state index contributed by atoms with van der Waals surface area (Å²) < 4.78 is 6.34. The average Bonchev–Trinajstić information content (AvgIpc) is 2.69. The first-order valence-electron chi connectivity index (χ1n) is 9.28. The maximum atomic E-state index is 6.34. The van der Waals surface area contributed by atoms with Crippen LogP contribution in [0.1, 0.15) is 71.6 Å². The van der Waals surface area contributed by atoms with E-state index in [1.54, 1.807) is 38.5 Å². The van der Waals surface area contributed by atoms with Gasteiger partial charge in [0.25, 0.3) is 0 Å². The summed E-state index contributed by atoms with van der Waals surface area (Å²) in [4.78, 5) is 0. The van der Waals surface area contributed by atoms with Crippen molar-refractivity contribution in [3.63, 3.8) is 0 Å². The van der Waals surface area contributed by atoms with Crippen LogP contribution in [-0.4, -0.2) is 11.7 Å².